The van der Waals surface area contributed by atoms with Crippen LogP contribution in [0.2, 0.25) is 0 Å². The van der Waals surface area contributed by atoms with Crippen molar-refractivity contribution in [3.63, 3.8) is 0 Å². The van der Waals surface area contributed by atoms with Crippen molar-refractivity contribution in [3.8, 4) is 0 Å². The van der Waals surface area contributed by atoms with E-state index >= 15 is 0 Å². The van der Waals surface area contributed by atoms with Gasteiger partial charge >= 0.3 is 0 Å². The molecule has 1 saturated heterocycles. The highest BCUT2D eigenvalue weighted by Crippen LogP contribution is 2.39. The van der Waals surface area contributed by atoms with Crippen LogP contribution in [-0.4, -0.2) is 63.8 Å². The van der Waals surface area contributed by atoms with Gasteiger partial charge in [0.05, 0.1) is 12.5 Å². The number of anilines is 1. The number of hydrogen-bond acceptors (Lipinski definition) is 5. The summed E-state index contributed by atoms with van der Waals surface area (Å²) in [6.45, 7) is 2.98. The Morgan fingerprint density at radius 2 is 1.76 bits per heavy atom. The predicted molar refractivity (Wildman–Crippen MR) is 122 cm³/mol. The molecule has 0 spiro atoms. The van der Waals surface area contributed by atoms with E-state index in [9.17, 15) is 14.0 Å². The van der Waals surface area contributed by atoms with E-state index in [1.54, 1.807) is 30.6 Å². The van der Waals surface area contributed by atoms with Gasteiger partial charge in [-0.2, -0.15) is 0 Å². The SMILES string of the molecule is O=C(CC1=C2CCCCC2N(Cc2ccc(F)cc2)C1=O)N1CCN(c2ncccn2)CC1. The Hall–Kier alpha value is -3.29. The van der Waals surface area contributed by atoms with Gasteiger partial charge in [-0.3, -0.25) is 9.59 Å². The Morgan fingerprint density at radius 1 is 1.03 bits per heavy atom. The fourth-order valence-corrected chi connectivity index (χ4v) is 5.17. The zero-order chi connectivity index (χ0) is 22.8. The van der Waals surface area contributed by atoms with E-state index in [-0.39, 0.29) is 30.1 Å². The topological polar surface area (TPSA) is 69.6 Å². The molecule has 172 valence electrons. The minimum absolute atomic E-state index is 0.00688. The Bertz CT molecular complexity index is 1050. The number of carbonyl (C=O) groups is 2. The first-order chi connectivity index (χ1) is 16.1. The quantitative estimate of drug-likeness (QED) is 0.702. The van der Waals surface area contributed by atoms with Crippen LogP contribution in [0.15, 0.2) is 53.9 Å². The van der Waals surface area contributed by atoms with E-state index in [2.05, 4.69) is 14.9 Å². The molecule has 2 aromatic rings. The maximum atomic E-state index is 13.4. The van der Waals surface area contributed by atoms with Gasteiger partial charge in [0.15, 0.2) is 0 Å². The highest BCUT2D eigenvalue weighted by atomic mass is 19.1. The van der Waals surface area contributed by atoms with Crippen molar-refractivity contribution in [1.82, 2.24) is 19.8 Å². The van der Waals surface area contributed by atoms with Crippen LogP contribution in [0.4, 0.5) is 10.3 Å². The van der Waals surface area contributed by atoms with Crippen LogP contribution in [0.25, 0.3) is 0 Å². The molecule has 0 N–H and O–H groups in total. The van der Waals surface area contributed by atoms with Crippen molar-refractivity contribution in [2.45, 2.75) is 44.7 Å². The van der Waals surface area contributed by atoms with Crippen molar-refractivity contribution in [3.05, 3.63) is 65.3 Å². The average Bonchev–Trinajstić information content (AvgIpc) is 3.12. The lowest BCUT2D eigenvalue weighted by molar-refractivity contribution is -0.133. The van der Waals surface area contributed by atoms with E-state index < -0.39 is 0 Å². The van der Waals surface area contributed by atoms with E-state index in [4.69, 9.17) is 0 Å². The molecule has 1 aromatic carbocycles. The third-order valence-corrected chi connectivity index (χ3v) is 6.92. The molecule has 0 radical (unpaired) electrons. The number of piperazine rings is 1. The number of aromatic nitrogens is 2. The first kappa shape index (κ1) is 21.6. The molecule has 1 aliphatic carbocycles. The van der Waals surface area contributed by atoms with Crippen LogP contribution in [0, 0.1) is 5.82 Å². The van der Waals surface area contributed by atoms with Crippen molar-refractivity contribution >= 4 is 17.8 Å². The lowest BCUT2D eigenvalue weighted by atomic mass is 9.88. The van der Waals surface area contributed by atoms with Crippen LogP contribution in [0.1, 0.15) is 37.7 Å². The molecule has 2 fully saturated rings. The summed E-state index contributed by atoms with van der Waals surface area (Å²) in [5, 5.41) is 0. The summed E-state index contributed by atoms with van der Waals surface area (Å²) in [6.07, 6.45) is 7.53. The molecule has 1 saturated carbocycles. The van der Waals surface area contributed by atoms with Crippen LogP contribution in [0.5, 0.6) is 0 Å². The summed E-state index contributed by atoms with van der Waals surface area (Å²) in [4.78, 5) is 40.9. The van der Waals surface area contributed by atoms with Crippen LogP contribution in [-0.2, 0) is 16.1 Å². The Labute approximate surface area is 192 Å². The second kappa shape index (κ2) is 9.29. The fourth-order valence-electron chi connectivity index (χ4n) is 5.17. The maximum absolute atomic E-state index is 13.4. The summed E-state index contributed by atoms with van der Waals surface area (Å²) in [5.74, 6) is 0.369. The van der Waals surface area contributed by atoms with Gasteiger partial charge < -0.3 is 14.7 Å². The number of carbonyl (C=O) groups excluding carboxylic acids is 2. The Kier molecular flexibility index (Phi) is 6.07. The second-order valence-electron chi connectivity index (χ2n) is 8.92. The van der Waals surface area contributed by atoms with Crippen LogP contribution >= 0.6 is 0 Å². The number of fused-ring (bicyclic) bond motifs is 1. The van der Waals surface area contributed by atoms with Gasteiger partial charge in [0.2, 0.25) is 11.9 Å². The Morgan fingerprint density at radius 3 is 2.48 bits per heavy atom. The molecule has 1 aromatic heterocycles. The first-order valence-corrected chi connectivity index (χ1v) is 11.7. The molecule has 5 rings (SSSR count). The molecule has 1 unspecified atom stereocenters. The largest absolute Gasteiger partial charge is 0.339 e. The molecule has 2 aliphatic heterocycles. The van der Waals surface area contributed by atoms with E-state index in [1.165, 1.54) is 12.1 Å². The summed E-state index contributed by atoms with van der Waals surface area (Å²) in [5.41, 5.74) is 2.72. The lowest BCUT2D eigenvalue weighted by Gasteiger charge is -2.34. The molecular weight excluding hydrogens is 421 g/mol. The van der Waals surface area contributed by atoms with Crippen LogP contribution in [0.3, 0.4) is 0 Å². The monoisotopic (exact) mass is 449 g/mol. The van der Waals surface area contributed by atoms with Crippen molar-refractivity contribution < 1.29 is 14.0 Å². The van der Waals surface area contributed by atoms with Crippen LogP contribution < -0.4 is 4.90 Å². The minimum atomic E-state index is -0.284. The smallest absolute Gasteiger partial charge is 0.251 e. The van der Waals surface area contributed by atoms with E-state index in [0.717, 1.165) is 36.8 Å². The summed E-state index contributed by atoms with van der Waals surface area (Å²) < 4.78 is 13.3. The van der Waals surface area contributed by atoms with Gasteiger partial charge in [-0.05, 0) is 48.6 Å². The number of amides is 2. The summed E-state index contributed by atoms with van der Waals surface area (Å²) in [6, 6.07) is 8.15. The molecule has 7 nitrogen and oxygen atoms in total. The third kappa shape index (κ3) is 4.47. The lowest BCUT2D eigenvalue weighted by Crippen LogP contribution is -2.49. The molecule has 0 bridgehead atoms. The molecule has 3 heterocycles. The van der Waals surface area contributed by atoms with Crippen molar-refractivity contribution in [1.29, 1.82) is 0 Å². The predicted octanol–water partition coefficient (Wildman–Crippen LogP) is 2.94. The second-order valence-corrected chi connectivity index (χ2v) is 8.92. The Balaban J connectivity index is 1.25. The number of halogens is 1. The van der Waals surface area contributed by atoms with Crippen molar-refractivity contribution in [2.75, 3.05) is 31.1 Å². The summed E-state index contributed by atoms with van der Waals surface area (Å²) in [7, 11) is 0. The minimum Gasteiger partial charge on any atom is -0.339 e. The van der Waals surface area contributed by atoms with Gasteiger partial charge in [0, 0.05) is 50.7 Å². The fraction of sp³-hybridized carbons (Fsp3) is 0.440. The molecule has 1 atom stereocenters. The zero-order valence-electron chi connectivity index (χ0n) is 18.6. The number of benzene rings is 1. The molecular formula is C25H28FN5O2. The molecule has 3 aliphatic rings. The first-order valence-electron chi connectivity index (χ1n) is 11.7. The maximum Gasteiger partial charge on any atom is 0.251 e. The van der Waals surface area contributed by atoms with E-state index in [1.807, 2.05) is 9.80 Å². The summed E-state index contributed by atoms with van der Waals surface area (Å²) >= 11 is 0. The molecule has 33 heavy (non-hydrogen) atoms. The third-order valence-electron chi connectivity index (χ3n) is 6.92. The average molecular weight is 450 g/mol. The number of hydrogen-bond donors (Lipinski definition) is 0. The molecule has 2 amide bonds. The highest BCUT2D eigenvalue weighted by molar-refractivity contribution is 6.02. The van der Waals surface area contributed by atoms with Gasteiger partial charge in [-0.25, -0.2) is 14.4 Å². The zero-order valence-corrected chi connectivity index (χ0v) is 18.6. The van der Waals surface area contributed by atoms with E-state index in [0.29, 0.717) is 44.2 Å². The van der Waals surface area contributed by atoms with Crippen molar-refractivity contribution in [2.24, 2.45) is 0 Å². The highest BCUT2D eigenvalue weighted by Gasteiger charge is 2.41. The molecule has 8 heteroatoms. The van der Waals surface area contributed by atoms with Gasteiger partial charge in [0.25, 0.3) is 5.91 Å². The normalized spacial score (nSPS) is 20.9. The number of nitrogens with zero attached hydrogens (tertiary/aromatic N) is 5. The van der Waals surface area contributed by atoms with Gasteiger partial charge in [-0.15, -0.1) is 0 Å². The van der Waals surface area contributed by atoms with Gasteiger partial charge in [0.1, 0.15) is 5.82 Å². The number of rotatable bonds is 5. The standard InChI is InChI=1S/C25H28FN5O2/c26-19-8-6-18(7-9-19)17-31-22-5-2-1-4-20(22)21(24(31)33)16-23(32)29-12-14-30(15-13-29)25-27-10-3-11-28-25/h3,6-11,22H,1-2,4-5,12-17H2. The van der Waals surface area contributed by atoms with Gasteiger partial charge in [-0.1, -0.05) is 18.6 Å².